The van der Waals surface area contributed by atoms with Gasteiger partial charge in [-0.1, -0.05) is 13.8 Å². The SMILES string of the molecule is CC(C)CNc1cc(C(=O)N2CCN(c3ncccn3)CC2)ncn1. The first-order valence-corrected chi connectivity index (χ1v) is 8.50. The highest BCUT2D eigenvalue weighted by atomic mass is 16.2. The lowest BCUT2D eigenvalue weighted by atomic mass is 10.2. The fourth-order valence-corrected chi connectivity index (χ4v) is 2.61. The molecule has 0 spiro atoms. The fourth-order valence-electron chi connectivity index (χ4n) is 2.61. The van der Waals surface area contributed by atoms with E-state index in [2.05, 4.69) is 44.0 Å². The summed E-state index contributed by atoms with van der Waals surface area (Å²) in [7, 11) is 0. The summed E-state index contributed by atoms with van der Waals surface area (Å²) >= 11 is 0. The molecule has 1 amide bonds. The molecule has 0 unspecified atom stereocenters. The van der Waals surface area contributed by atoms with E-state index < -0.39 is 0 Å². The minimum Gasteiger partial charge on any atom is -0.370 e. The van der Waals surface area contributed by atoms with Gasteiger partial charge >= 0.3 is 0 Å². The molecule has 1 aliphatic heterocycles. The summed E-state index contributed by atoms with van der Waals surface area (Å²) in [5.41, 5.74) is 0.422. The van der Waals surface area contributed by atoms with E-state index in [0.717, 1.165) is 6.54 Å². The van der Waals surface area contributed by atoms with Gasteiger partial charge in [-0.3, -0.25) is 4.79 Å². The van der Waals surface area contributed by atoms with Crippen molar-refractivity contribution < 1.29 is 4.79 Å². The maximum absolute atomic E-state index is 12.7. The van der Waals surface area contributed by atoms with E-state index in [1.165, 1.54) is 6.33 Å². The van der Waals surface area contributed by atoms with Crippen molar-refractivity contribution in [2.45, 2.75) is 13.8 Å². The van der Waals surface area contributed by atoms with Crippen molar-refractivity contribution in [1.29, 1.82) is 0 Å². The third kappa shape index (κ3) is 4.40. The Kier molecular flexibility index (Phi) is 5.37. The van der Waals surface area contributed by atoms with E-state index in [-0.39, 0.29) is 5.91 Å². The number of rotatable bonds is 5. The quantitative estimate of drug-likeness (QED) is 0.877. The van der Waals surface area contributed by atoms with Gasteiger partial charge in [0.15, 0.2) is 0 Å². The third-order valence-electron chi connectivity index (χ3n) is 3.98. The van der Waals surface area contributed by atoms with Gasteiger partial charge in [0.2, 0.25) is 5.95 Å². The molecule has 0 bridgehead atoms. The van der Waals surface area contributed by atoms with Gasteiger partial charge in [-0.2, -0.15) is 0 Å². The summed E-state index contributed by atoms with van der Waals surface area (Å²) in [5.74, 6) is 1.83. The zero-order chi connectivity index (χ0) is 17.6. The number of piperazine rings is 1. The Balaban J connectivity index is 1.60. The molecule has 0 aromatic carbocycles. The zero-order valence-electron chi connectivity index (χ0n) is 14.6. The zero-order valence-corrected chi connectivity index (χ0v) is 14.6. The van der Waals surface area contributed by atoms with Crippen LogP contribution in [0.5, 0.6) is 0 Å². The van der Waals surface area contributed by atoms with E-state index in [9.17, 15) is 4.79 Å². The summed E-state index contributed by atoms with van der Waals surface area (Å²) < 4.78 is 0. The van der Waals surface area contributed by atoms with Crippen LogP contribution in [0.1, 0.15) is 24.3 Å². The van der Waals surface area contributed by atoms with Crippen LogP contribution in [0.3, 0.4) is 0 Å². The van der Waals surface area contributed by atoms with Gasteiger partial charge in [0, 0.05) is 51.2 Å². The van der Waals surface area contributed by atoms with E-state index in [0.29, 0.717) is 49.6 Å². The van der Waals surface area contributed by atoms with Crippen LogP contribution in [0.15, 0.2) is 30.9 Å². The summed E-state index contributed by atoms with van der Waals surface area (Å²) in [4.78, 5) is 33.4. The summed E-state index contributed by atoms with van der Waals surface area (Å²) in [6.45, 7) is 7.71. The van der Waals surface area contributed by atoms with Gasteiger partial charge in [0.25, 0.3) is 5.91 Å². The van der Waals surface area contributed by atoms with Crippen LogP contribution in [-0.4, -0.2) is 63.5 Å². The molecule has 2 aromatic rings. The number of aromatic nitrogens is 4. The predicted octanol–water partition coefficient (Wildman–Crippen LogP) is 1.30. The molecule has 0 atom stereocenters. The number of hydrogen-bond acceptors (Lipinski definition) is 7. The molecule has 1 saturated heterocycles. The Morgan fingerprint density at radius 1 is 1.12 bits per heavy atom. The Hall–Kier alpha value is -2.77. The number of nitrogens with zero attached hydrogens (tertiary/aromatic N) is 6. The maximum atomic E-state index is 12.7. The van der Waals surface area contributed by atoms with Gasteiger partial charge in [-0.25, -0.2) is 19.9 Å². The third-order valence-corrected chi connectivity index (χ3v) is 3.98. The molecular formula is C17H23N7O. The second kappa shape index (κ2) is 7.87. The van der Waals surface area contributed by atoms with Crippen molar-refractivity contribution in [2.24, 2.45) is 5.92 Å². The summed E-state index contributed by atoms with van der Waals surface area (Å²) in [6, 6.07) is 3.51. The monoisotopic (exact) mass is 341 g/mol. The molecule has 1 fully saturated rings. The molecule has 0 aliphatic carbocycles. The molecule has 25 heavy (non-hydrogen) atoms. The largest absolute Gasteiger partial charge is 0.370 e. The van der Waals surface area contributed by atoms with Crippen molar-refractivity contribution in [3.05, 3.63) is 36.5 Å². The topological polar surface area (TPSA) is 87.1 Å². The fraction of sp³-hybridized carbons (Fsp3) is 0.471. The smallest absolute Gasteiger partial charge is 0.272 e. The summed E-state index contributed by atoms with van der Waals surface area (Å²) in [5, 5.41) is 3.22. The molecule has 1 N–H and O–H groups in total. The van der Waals surface area contributed by atoms with Gasteiger partial charge in [-0.05, 0) is 12.0 Å². The van der Waals surface area contributed by atoms with Crippen molar-refractivity contribution in [2.75, 3.05) is 42.9 Å². The number of anilines is 2. The average Bonchev–Trinajstić information content (AvgIpc) is 2.67. The van der Waals surface area contributed by atoms with Gasteiger partial charge < -0.3 is 15.1 Å². The first-order valence-electron chi connectivity index (χ1n) is 8.50. The number of nitrogens with one attached hydrogen (secondary N) is 1. The van der Waals surface area contributed by atoms with E-state index in [1.807, 2.05) is 4.90 Å². The number of carbonyl (C=O) groups excluding carboxylic acids is 1. The highest BCUT2D eigenvalue weighted by Gasteiger charge is 2.24. The standard InChI is InChI=1S/C17H23N7O/c1-13(2)11-20-15-10-14(21-12-22-15)16(25)23-6-8-24(9-7-23)17-18-4-3-5-19-17/h3-5,10,12-13H,6-9,11H2,1-2H3,(H,20,21,22). The summed E-state index contributed by atoms with van der Waals surface area (Å²) in [6.07, 6.45) is 4.89. The lowest BCUT2D eigenvalue weighted by Crippen LogP contribution is -2.49. The number of amides is 1. The number of hydrogen-bond donors (Lipinski definition) is 1. The van der Waals surface area contributed by atoms with Crippen molar-refractivity contribution >= 4 is 17.7 Å². The second-order valence-electron chi connectivity index (χ2n) is 6.39. The lowest BCUT2D eigenvalue weighted by molar-refractivity contribution is 0.0740. The van der Waals surface area contributed by atoms with E-state index >= 15 is 0 Å². The minimum absolute atomic E-state index is 0.0661. The second-order valence-corrected chi connectivity index (χ2v) is 6.39. The van der Waals surface area contributed by atoms with Crippen LogP contribution in [-0.2, 0) is 0 Å². The maximum Gasteiger partial charge on any atom is 0.272 e. The molecule has 0 saturated carbocycles. The Labute approximate surface area is 147 Å². The Bertz CT molecular complexity index is 699. The minimum atomic E-state index is -0.0661. The van der Waals surface area contributed by atoms with Crippen molar-refractivity contribution in [1.82, 2.24) is 24.8 Å². The average molecular weight is 341 g/mol. The molecule has 8 heteroatoms. The van der Waals surface area contributed by atoms with Crippen LogP contribution in [0.25, 0.3) is 0 Å². The number of carbonyl (C=O) groups is 1. The van der Waals surface area contributed by atoms with Gasteiger partial charge in [0.1, 0.15) is 17.8 Å². The van der Waals surface area contributed by atoms with Gasteiger partial charge in [-0.15, -0.1) is 0 Å². The Morgan fingerprint density at radius 2 is 1.84 bits per heavy atom. The van der Waals surface area contributed by atoms with Gasteiger partial charge in [0.05, 0.1) is 0 Å². The molecule has 3 heterocycles. The van der Waals surface area contributed by atoms with Crippen LogP contribution in [0.2, 0.25) is 0 Å². The lowest BCUT2D eigenvalue weighted by Gasteiger charge is -2.34. The highest BCUT2D eigenvalue weighted by Crippen LogP contribution is 2.13. The van der Waals surface area contributed by atoms with Crippen LogP contribution >= 0.6 is 0 Å². The van der Waals surface area contributed by atoms with E-state index in [4.69, 9.17) is 0 Å². The molecule has 3 rings (SSSR count). The molecule has 8 nitrogen and oxygen atoms in total. The first kappa shape index (κ1) is 17.1. The molecular weight excluding hydrogens is 318 g/mol. The highest BCUT2D eigenvalue weighted by molar-refractivity contribution is 5.93. The predicted molar refractivity (Wildman–Crippen MR) is 95.5 cm³/mol. The van der Waals surface area contributed by atoms with Crippen molar-refractivity contribution in [3.63, 3.8) is 0 Å². The Morgan fingerprint density at radius 3 is 2.52 bits per heavy atom. The van der Waals surface area contributed by atoms with E-state index in [1.54, 1.807) is 24.5 Å². The van der Waals surface area contributed by atoms with Crippen LogP contribution < -0.4 is 10.2 Å². The first-order chi connectivity index (χ1) is 12.1. The normalized spacial score (nSPS) is 14.7. The van der Waals surface area contributed by atoms with Crippen LogP contribution in [0, 0.1) is 5.92 Å². The van der Waals surface area contributed by atoms with Crippen LogP contribution in [0.4, 0.5) is 11.8 Å². The molecule has 1 aliphatic rings. The molecule has 2 aromatic heterocycles. The molecule has 132 valence electrons. The van der Waals surface area contributed by atoms with Crippen molar-refractivity contribution in [3.8, 4) is 0 Å². The molecule has 0 radical (unpaired) electrons.